The van der Waals surface area contributed by atoms with Crippen LogP contribution in [0.1, 0.15) is 32.6 Å². The third-order valence-corrected chi connectivity index (χ3v) is 2.79. The van der Waals surface area contributed by atoms with Gasteiger partial charge in [-0.15, -0.1) is 0 Å². The summed E-state index contributed by atoms with van der Waals surface area (Å²) >= 11 is 0. The minimum absolute atomic E-state index is 0.267. The van der Waals surface area contributed by atoms with Gasteiger partial charge in [-0.3, -0.25) is 4.79 Å². The van der Waals surface area contributed by atoms with Crippen LogP contribution in [0.15, 0.2) is 0 Å². The fourth-order valence-corrected chi connectivity index (χ4v) is 2.01. The number of carboxylic acids is 1. The highest BCUT2D eigenvalue weighted by Gasteiger charge is 2.13. The molecule has 1 fully saturated rings. The molecule has 0 radical (unpaired) electrons. The van der Waals surface area contributed by atoms with Gasteiger partial charge in [0.2, 0.25) is 0 Å². The third kappa shape index (κ3) is 5.74. The normalized spacial score (nSPS) is 19.3. The van der Waals surface area contributed by atoms with Gasteiger partial charge in [-0.05, 0) is 45.8 Å². The molecule has 1 aliphatic rings. The highest BCUT2D eigenvalue weighted by Crippen LogP contribution is 2.07. The first-order valence-electron chi connectivity index (χ1n) is 5.86. The van der Waals surface area contributed by atoms with Crippen LogP contribution in [0.3, 0.4) is 0 Å². The van der Waals surface area contributed by atoms with E-state index in [0.717, 1.165) is 19.5 Å². The molecule has 4 heteroatoms. The first kappa shape index (κ1) is 12.5. The van der Waals surface area contributed by atoms with E-state index in [0.29, 0.717) is 6.04 Å². The Bertz CT molecular complexity index is 191. The number of carboxylic acid groups (broad SMARTS) is 1. The molecular weight excluding hydrogens is 192 g/mol. The van der Waals surface area contributed by atoms with Crippen molar-refractivity contribution in [3.8, 4) is 0 Å². The van der Waals surface area contributed by atoms with Gasteiger partial charge in [0.25, 0.3) is 0 Å². The zero-order valence-electron chi connectivity index (χ0n) is 9.54. The van der Waals surface area contributed by atoms with Crippen LogP contribution in [0, 0.1) is 0 Å². The fourth-order valence-electron chi connectivity index (χ4n) is 2.01. The summed E-state index contributed by atoms with van der Waals surface area (Å²) in [5.41, 5.74) is 0. The first-order valence-corrected chi connectivity index (χ1v) is 5.86. The molecule has 0 bridgehead atoms. The highest BCUT2D eigenvalue weighted by molar-refractivity contribution is 5.66. The van der Waals surface area contributed by atoms with Crippen molar-refractivity contribution in [2.45, 2.75) is 38.6 Å². The molecule has 0 saturated carbocycles. The summed E-state index contributed by atoms with van der Waals surface area (Å²) in [6.45, 7) is 6.51. The van der Waals surface area contributed by atoms with Crippen molar-refractivity contribution < 1.29 is 9.90 Å². The summed E-state index contributed by atoms with van der Waals surface area (Å²) in [6.07, 6.45) is 3.64. The molecule has 88 valence electrons. The van der Waals surface area contributed by atoms with Crippen molar-refractivity contribution in [2.24, 2.45) is 0 Å². The maximum absolute atomic E-state index is 10.3. The van der Waals surface area contributed by atoms with Crippen molar-refractivity contribution in [1.29, 1.82) is 0 Å². The fraction of sp³-hybridized carbons (Fsp3) is 0.909. The second-order valence-electron chi connectivity index (χ2n) is 4.36. The molecule has 1 unspecified atom stereocenters. The standard InChI is InChI=1S/C11H22N2O2/c1-10(9-13-7-2-3-8-13)12-6-4-5-11(14)15/h10,12H,2-9H2,1H3,(H,14,15). The monoisotopic (exact) mass is 214 g/mol. The number of nitrogens with zero attached hydrogens (tertiary/aromatic N) is 1. The average molecular weight is 214 g/mol. The Morgan fingerprint density at radius 1 is 1.47 bits per heavy atom. The minimum atomic E-state index is -0.705. The van der Waals surface area contributed by atoms with Gasteiger partial charge in [-0.2, -0.15) is 0 Å². The van der Waals surface area contributed by atoms with Gasteiger partial charge in [-0.1, -0.05) is 0 Å². The van der Waals surface area contributed by atoms with Crippen LogP contribution in [0.5, 0.6) is 0 Å². The number of hydrogen-bond acceptors (Lipinski definition) is 3. The first-order chi connectivity index (χ1) is 7.18. The maximum atomic E-state index is 10.3. The Morgan fingerprint density at radius 2 is 2.13 bits per heavy atom. The Hall–Kier alpha value is -0.610. The average Bonchev–Trinajstić information content (AvgIpc) is 2.64. The Morgan fingerprint density at radius 3 is 2.73 bits per heavy atom. The van der Waals surface area contributed by atoms with E-state index in [1.807, 2.05) is 0 Å². The summed E-state index contributed by atoms with van der Waals surface area (Å²) in [6, 6.07) is 0.469. The van der Waals surface area contributed by atoms with Gasteiger partial charge in [0.1, 0.15) is 0 Å². The van der Waals surface area contributed by atoms with E-state index in [9.17, 15) is 4.79 Å². The molecule has 1 heterocycles. The highest BCUT2D eigenvalue weighted by atomic mass is 16.4. The van der Waals surface area contributed by atoms with E-state index in [-0.39, 0.29) is 6.42 Å². The number of likely N-dealkylation sites (tertiary alicyclic amines) is 1. The lowest BCUT2D eigenvalue weighted by Gasteiger charge is -2.21. The third-order valence-electron chi connectivity index (χ3n) is 2.79. The van der Waals surface area contributed by atoms with Gasteiger partial charge >= 0.3 is 5.97 Å². The second-order valence-corrected chi connectivity index (χ2v) is 4.36. The number of carbonyl (C=O) groups is 1. The van der Waals surface area contributed by atoms with Crippen molar-refractivity contribution in [1.82, 2.24) is 10.2 Å². The molecule has 0 aromatic carbocycles. The van der Waals surface area contributed by atoms with Crippen LogP contribution in [0.25, 0.3) is 0 Å². The smallest absolute Gasteiger partial charge is 0.303 e. The summed E-state index contributed by atoms with van der Waals surface area (Å²) in [7, 11) is 0. The topological polar surface area (TPSA) is 52.6 Å². The summed E-state index contributed by atoms with van der Waals surface area (Å²) in [4.78, 5) is 12.8. The minimum Gasteiger partial charge on any atom is -0.481 e. The number of nitrogens with one attached hydrogen (secondary N) is 1. The SMILES string of the molecule is CC(CN1CCCC1)NCCCC(=O)O. The number of rotatable bonds is 7. The summed E-state index contributed by atoms with van der Waals surface area (Å²) in [5.74, 6) is -0.705. The summed E-state index contributed by atoms with van der Waals surface area (Å²) < 4.78 is 0. The zero-order chi connectivity index (χ0) is 11.1. The Labute approximate surface area is 91.6 Å². The van der Waals surface area contributed by atoms with Crippen molar-refractivity contribution in [2.75, 3.05) is 26.2 Å². The lowest BCUT2D eigenvalue weighted by atomic mass is 10.2. The van der Waals surface area contributed by atoms with Crippen molar-refractivity contribution in [3.05, 3.63) is 0 Å². The maximum Gasteiger partial charge on any atom is 0.303 e. The number of aliphatic carboxylic acids is 1. The molecule has 2 N–H and O–H groups in total. The van der Waals surface area contributed by atoms with E-state index in [4.69, 9.17) is 5.11 Å². The molecule has 0 aliphatic carbocycles. The molecule has 0 spiro atoms. The van der Waals surface area contributed by atoms with Crippen molar-refractivity contribution in [3.63, 3.8) is 0 Å². The number of hydrogen-bond donors (Lipinski definition) is 2. The molecule has 15 heavy (non-hydrogen) atoms. The summed E-state index contributed by atoms with van der Waals surface area (Å²) in [5, 5.41) is 11.8. The molecule has 0 aromatic heterocycles. The van der Waals surface area contributed by atoms with Gasteiger partial charge in [0.05, 0.1) is 0 Å². The molecule has 0 amide bonds. The molecule has 1 rings (SSSR count). The molecule has 1 saturated heterocycles. The van der Waals surface area contributed by atoms with Crippen LogP contribution >= 0.6 is 0 Å². The predicted molar refractivity (Wildman–Crippen MR) is 60.0 cm³/mol. The predicted octanol–water partition coefficient (Wildman–Crippen LogP) is 0.925. The van der Waals surface area contributed by atoms with Crippen LogP contribution in [-0.2, 0) is 4.79 Å². The van der Waals surface area contributed by atoms with E-state index < -0.39 is 5.97 Å². The lowest BCUT2D eigenvalue weighted by Crippen LogP contribution is -2.38. The van der Waals surface area contributed by atoms with Crippen LogP contribution < -0.4 is 5.32 Å². The van der Waals surface area contributed by atoms with Gasteiger partial charge < -0.3 is 15.3 Å². The largest absolute Gasteiger partial charge is 0.481 e. The zero-order valence-corrected chi connectivity index (χ0v) is 9.54. The van der Waals surface area contributed by atoms with E-state index in [1.54, 1.807) is 0 Å². The molecule has 1 aliphatic heterocycles. The van der Waals surface area contributed by atoms with E-state index >= 15 is 0 Å². The van der Waals surface area contributed by atoms with E-state index in [2.05, 4.69) is 17.1 Å². The van der Waals surface area contributed by atoms with Crippen LogP contribution in [0.2, 0.25) is 0 Å². The van der Waals surface area contributed by atoms with Gasteiger partial charge in [0, 0.05) is 19.0 Å². The molecule has 4 nitrogen and oxygen atoms in total. The van der Waals surface area contributed by atoms with Gasteiger partial charge in [0.15, 0.2) is 0 Å². The van der Waals surface area contributed by atoms with Crippen LogP contribution in [-0.4, -0.2) is 48.2 Å². The van der Waals surface area contributed by atoms with E-state index in [1.165, 1.54) is 25.9 Å². The Kier molecular flexibility index (Phi) is 5.65. The van der Waals surface area contributed by atoms with Crippen molar-refractivity contribution >= 4 is 5.97 Å². The quantitative estimate of drug-likeness (QED) is 0.619. The second kappa shape index (κ2) is 6.80. The van der Waals surface area contributed by atoms with Crippen LogP contribution in [0.4, 0.5) is 0 Å². The molecule has 0 aromatic rings. The molecule has 1 atom stereocenters. The lowest BCUT2D eigenvalue weighted by molar-refractivity contribution is -0.137. The Balaban J connectivity index is 1.97. The van der Waals surface area contributed by atoms with Gasteiger partial charge in [-0.25, -0.2) is 0 Å². The molecular formula is C11H22N2O2.